The van der Waals surface area contributed by atoms with E-state index in [4.69, 9.17) is 5.11 Å². The highest BCUT2D eigenvalue weighted by atomic mass is 79.9. The van der Waals surface area contributed by atoms with Gasteiger partial charge in [-0.2, -0.15) is 0 Å². The molecule has 0 saturated carbocycles. The summed E-state index contributed by atoms with van der Waals surface area (Å²) in [4.78, 5) is 11.1. The number of rotatable bonds is 6. The fourth-order valence-electron chi connectivity index (χ4n) is 1.43. The zero-order chi connectivity index (χ0) is 12.1. The quantitative estimate of drug-likeness (QED) is 0.849. The first-order valence-electron chi connectivity index (χ1n) is 5.23. The summed E-state index contributed by atoms with van der Waals surface area (Å²) in [6, 6.07) is 1.54. The Morgan fingerprint density at radius 1 is 1.69 bits per heavy atom. The number of carbonyl (C=O) groups is 1. The minimum atomic E-state index is -0.774. The molecule has 0 aliphatic carbocycles. The van der Waals surface area contributed by atoms with Gasteiger partial charge in [-0.1, -0.05) is 20.3 Å². The van der Waals surface area contributed by atoms with Crippen LogP contribution in [0.1, 0.15) is 25.8 Å². The minimum absolute atomic E-state index is 0.138. The molecule has 3 nitrogen and oxygen atoms in total. The topological polar surface area (TPSA) is 49.3 Å². The van der Waals surface area contributed by atoms with Gasteiger partial charge in [0.1, 0.15) is 6.04 Å². The van der Waals surface area contributed by atoms with Gasteiger partial charge in [0.15, 0.2) is 0 Å². The largest absolute Gasteiger partial charge is 0.480 e. The second-order valence-electron chi connectivity index (χ2n) is 3.84. The summed E-state index contributed by atoms with van der Waals surface area (Å²) in [5.41, 5.74) is 1.12. The van der Waals surface area contributed by atoms with E-state index in [0.29, 0.717) is 6.54 Å². The molecule has 1 aromatic rings. The first kappa shape index (κ1) is 13.7. The van der Waals surface area contributed by atoms with Crippen LogP contribution >= 0.6 is 27.3 Å². The molecule has 1 rings (SSSR count). The van der Waals surface area contributed by atoms with E-state index >= 15 is 0 Å². The van der Waals surface area contributed by atoms with E-state index in [9.17, 15) is 4.79 Å². The van der Waals surface area contributed by atoms with Gasteiger partial charge in [-0.3, -0.25) is 4.79 Å². The van der Waals surface area contributed by atoms with Crippen LogP contribution in [0.3, 0.4) is 0 Å². The minimum Gasteiger partial charge on any atom is -0.480 e. The molecule has 16 heavy (non-hydrogen) atoms. The fourth-order valence-corrected chi connectivity index (χ4v) is 2.64. The van der Waals surface area contributed by atoms with Gasteiger partial charge in [-0.15, -0.1) is 11.3 Å². The van der Waals surface area contributed by atoms with Crippen molar-refractivity contribution in [2.45, 2.75) is 32.9 Å². The lowest BCUT2D eigenvalue weighted by molar-refractivity contribution is -0.140. The summed E-state index contributed by atoms with van der Waals surface area (Å²) in [6.07, 6.45) is 0.858. The zero-order valence-corrected chi connectivity index (χ0v) is 11.8. The van der Waals surface area contributed by atoms with Crippen LogP contribution in [0, 0.1) is 5.92 Å². The van der Waals surface area contributed by atoms with E-state index in [-0.39, 0.29) is 5.92 Å². The Kier molecular flexibility index (Phi) is 5.44. The van der Waals surface area contributed by atoms with Crippen LogP contribution in [0.2, 0.25) is 0 Å². The van der Waals surface area contributed by atoms with Gasteiger partial charge >= 0.3 is 5.97 Å². The summed E-state index contributed by atoms with van der Waals surface area (Å²) in [6.45, 7) is 4.56. The molecule has 2 N–H and O–H groups in total. The van der Waals surface area contributed by atoms with Gasteiger partial charge in [0.25, 0.3) is 0 Å². The SMILES string of the molecule is CC[C@H](C)[C@H](NCc1csc(Br)c1)C(=O)O. The predicted molar refractivity (Wildman–Crippen MR) is 69.7 cm³/mol. The van der Waals surface area contributed by atoms with Crippen molar-refractivity contribution < 1.29 is 9.90 Å². The van der Waals surface area contributed by atoms with E-state index in [1.54, 1.807) is 11.3 Å². The Hall–Kier alpha value is -0.390. The third-order valence-electron chi connectivity index (χ3n) is 2.63. The first-order chi connectivity index (χ1) is 7.54. The summed E-state index contributed by atoms with van der Waals surface area (Å²) < 4.78 is 1.07. The first-order valence-corrected chi connectivity index (χ1v) is 6.91. The summed E-state index contributed by atoms with van der Waals surface area (Å²) in [5.74, 6) is -0.636. The number of nitrogens with one attached hydrogen (secondary N) is 1. The number of halogens is 1. The Balaban J connectivity index is 2.53. The maximum absolute atomic E-state index is 11.1. The molecule has 0 aliphatic rings. The predicted octanol–water partition coefficient (Wildman–Crippen LogP) is 3.10. The maximum Gasteiger partial charge on any atom is 0.320 e. The molecule has 0 aliphatic heterocycles. The van der Waals surface area contributed by atoms with Crippen molar-refractivity contribution in [3.8, 4) is 0 Å². The molecule has 0 fully saturated rings. The number of carboxylic acids is 1. The number of carboxylic acid groups (broad SMARTS) is 1. The number of thiophene rings is 1. The van der Waals surface area contributed by atoms with Gasteiger partial charge in [0.05, 0.1) is 3.79 Å². The van der Waals surface area contributed by atoms with E-state index < -0.39 is 12.0 Å². The average molecular weight is 306 g/mol. The molecular formula is C11H16BrNO2S. The van der Waals surface area contributed by atoms with E-state index in [1.807, 2.05) is 25.3 Å². The normalized spacial score (nSPS) is 14.7. The van der Waals surface area contributed by atoms with Gasteiger partial charge in [0.2, 0.25) is 0 Å². The lowest BCUT2D eigenvalue weighted by Gasteiger charge is -2.19. The van der Waals surface area contributed by atoms with Crippen LogP contribution in [-0.4, -0.2) is 17.1 Å². The molecular weight excluding hydrogens is 290 g/mol. The number of hydrogen-bond donors (Lipinski definition) is 2. The van der Waals surface area contributed by atoms with Gasteiger partial charge in [-0.25, -0.2) is 0 Å². The molecule has 0 saturated heterocycles. The molecule has 0 amide bonds. The molecule has 0 aromatic carbocycles. The van der Waals surface area contributed by atoms with Crippen molar-refractivity contribution in [2.24, 2.45) is 5.92 Å². The van der Waals surface area contributed by atoms with Crippen LogP contribution in [-0.2, 0) is 11.3 Å². The third-order valence-corrected chi connectivity index (χ3v) is 4.18. The van der Waals surface area contributed by atoms with Crippen molar-refractivity contribution in [3.05, 3.63) is 20.8 Å². The maximum atomic E-state index is 11.1. The Bertz CT molecular complexity index is 354. The number of hydrogen-bond acceptors (Lipinski definition) is 3. The highest BCUT2D eigenvalue weighted by Crippen LogP contribution is 2.20. The van der Waals surface area contributed by atoms with Gasteiger partial charge < -0.3 is 10.4 Å². The monoisotopic (exact) mass is 305 g/mol. The van der Waals surface area contributed by atoms with Crippen molar-refractivity contribution in [2.75, 3.05) is 0 Å². The smallest absolute Gasteiger partial charge is 0.320 e. The molecule has 1 aromatic heterocycles. The van der Waals surface area contributed by atoms with Crippen LogP contribution in [0.15, 0.2) is 15.2 Å². The molecule has 0 bridgehead atoms. The van der Waals surface area contributed by atoms with Crippen molar-refractivity contribution in [1.82, 2.24) is 5.32 Å². The van der Waals surface area contributed by atoms with Gasteiger partial charge in [0, 0.05) is 6.54 Å². The van der Waals surface area contributed by atoms with Crippen molar-refractivity contribution in [3.63, 3.8) is 0 Å². The fraction of sp³-hybridized carbons (Fsp3) is 0.545. The summed E-state index contributed by atoms with van der Waals surface area (Å²) >= 11 is 4.99. The number of aliphatic carboxylic acids is 1. The summed E-state index contributed by atoms with van der Waals surface area (Å²) in [7, 11) is 0. The van der Waals surface area contributed by atoms with E-state index in [0.717, 1.165) is 15.8 Å². The highest BCUT2D eigenvalue weighted by Gasteiger charge is 2.22. The van der Waals surface area contributed by atoms with E-state index in [1.165, 1.54) is 0 Å². The molecule has 1 heterocycles. The standard InChI is InChI=1S/C11H16BrNO2S/c1-3-7(2)10(11(14)15)13-5-8-4-9(12)16-6-8/h4,6-7,10,13H,3,5H2,1-2H3,(H,14,15)/t7-,10-/m0/s1. The summed E-state index contributed by atoms with van der Waals surface area (Å²) in [5, 5.41) is 14.2. The van der Waals surface area contributed by atoms with Crippen LogP contribution in [0.4, 0.5) is 0 Å². The molecule has 5 heteroatoms. The van der Waals surface area contributed by atoms with Crippen molar-refractivity contribution in [1.29, 1.82) is 0 Å². The van der Waals surface area contributed by atoms with Crippen LogP contribution in [0.25, 0.3) is 0 Å². The molecule has 0 radical (unpaired) electrons. The van der Waals surface area contributed by atoms with E-state index in [2.05, 4.69) is 21.2 Å². The van der Waals surface area contributed by atoms with Gasteiger partial charge in [-0.05, 0) is 38.9 Å². The Morgan fingerprint density at radius 3 is 2.81 bits per heavy atom. The van der Waals surface area contributed by atoms with Crippen molar-refractivity contribution >= 4 is 33.2 Å². The highest BCUT2D eigenvalue weighted by molar-refractivity contribution is 9.11. The van der Waals surface area contributed by atoms with Crippen LogP contribution < -0.4 is 5.32 Å². The average Bonchev–Trinajstić information content (AvgIpc) is 2.63. The molecule has 90 valence electrons. The molecule has 0 spiro atoms. The second kappa shape index (κ2) is 6.37. The lowest BCUT2D eigenvalue weighted by atomic mass is 9.99. The lowest BCUT2D eigenvalue weighted by Crippen LogP contribution is -2.41. The Morgan fingerprint density at radius 2 is 2.38 bits per heavy atom. The van der Waals surface area contributed by atoms with Crippen LogP contribution in [0.5, 0.6) is 0 Å². The zero-order valence-electron chi connectivity index (χ0n) is 9.37. The third kappa shape index (κ3) is 3.88. The molecule has 0 unspecified atom stereocenters. The second-order valence-corrected chi connectivity index (χ2v) is 6.13. The Labute approximate surface area is 108 Å². The molecule has 2 atom stereocenters.